The molecule has 1 heterocycles. The Labute approximate surface area is 153 Å². The van der Waals surface area contributed by atoms with Gasteiger partial charge in [0, 0.05) is 11.1 Å². The van der Waals surface area contributed by atoms with Crippen LogP contribution >= 0.6 is 0 Å². The van der Waals surface area contributed by atoms with E-state index in [1.54, 1.807) is 19.2 Å². The van der Waals surface area contributed by atoms with Gasteiger partial charge in [-0.15, -0.1) is 0 Å². The molecule has 5 heteroatoms. The molecule has 3 rings (SSSR count). The van der Waals surface area contributed by atoms with Crippen molar-refractivity contribution >= 4 is 11.6 Å². The standard InChI is InChI=1S/C21H23N3O2/c1-14(2)12-18-20(22-21(25)15-8-5-4-6-9-15)19(24-23-18)16-10-7-11-17(13-16)26-3/h4-11,13-14H,12H2,1-3H3,(H,22,25)(H,23,24). The minimum absolute atomic E-state index is 0.152. The number of carbonyl (C=O) groups is 1. The highest BCUT2D eigenvalue weighted by molar-refractivity contribution is 6.06. The van der Waals surface area contributed by atoms with Crippen molar-refractivity contribution in [1.82, 2.24) is 10.2 Å². The summed E-state index contributed by atoms with van der Waals surface area (Å²) >= 11 is 0. The molecule has 0 unspecified atom stereocenters. The van der Waals surface area contributed by atoms with Gasteiger partial charge >= 0.3 is 0 Å². The van der Waals surface area contributed by atoms with E-state index in [1.165, 1.54) is 0 Å². The Bertz CT molecular complexity index is 885. The summed E-state index contributed by atoms with van der Waals surface area (Å²) in [4.78, 5) is 12.7. The number of nitrogens with one attached hydrogen (secondary N) is 2. The van der Waals surface area contributed by atoms with E-state index in [-0.39, 0.29) is 5.91 Å². The van der Waals surface area contributed by atoms with E-state index >= 15 is 0 Å². The summed E-state index contributed by atoms with van der Waals surface area (Å²) in [6.45, 7) is 4.27. The number of nitrogens with zero attached hydrogens (tertiary/aromatic N) is 1. The Balaban J connectivity index is 2.00. The number of amides is 1. The molecule has 2 N–H and O–H groups in total. The fraction of sp³-hybridized carbons (Fsp3) is 0.238. The van der Waals surface area contributed by atoms with Crippen molar-refractivity contribution in [3.63, 3.8) is 0 Å². The molecule has 0 aliphatic carbocycles. The minimum atomic E-state index is -0.152. The number of aromatic amines is 1. The maximum Gasteiger partial charge on any atom is 0.255 e. The Kier molecular flexibility index (Phi) is 5.37. The lowest BCUT2D eigenvalue weighted by Crippen LogP contribution is -2.13. The number of benzene rings is 2. The topological polar surface area (TPSA) is 67.0 Å². The lowest BCUT2D eigenvalue weighted by Gasteiger charge is -2.10. The first-order valence-electron chi connectivity index (χ1n) is 8.66. The van der Waals surface area contributed by atoms with Crippen molar-refractivity contribution in [2.24, 2.45) is 5.92 Å². The van der Waals surface area contributed by atoms with Crippen molar-refractivity contribution in [3.8, 4) is 17.0 Å². The van der Waals surface area contributed by atoms with Crippen molar-refractivity contribution in [1.29, 1.82) is 0 Å². The van der Waals surface area contributed by atoms with Crippen molar-refractivity contribution in [2.45, 2.75) is 20.3 Å². The quantitative estimate of drug-likeness (QED) is 0.687. The molecule has 5 nitrogen and oxygen atoms in total. The zero-order valence-corrected chi connectivity index (χ0v) is 15.2. The molecule has 0 saturated carbocycles. The Hall–Kier alpha value is -3.08. The molecule has 26 heavy (non-hydrogen) atoms. The predicted molar refractivity (Wildman–Crippen MR) is 104 cm³/mol. The predicted octanol–water partition coefficient (Wildman–Crippen LogP) is 4.54. The second-order valence-corrected chi connectivity index (χ2v) is 6.58. The van der Waals surface area contributed by atoms with Crippen molar-refractivity contribution in [3.05, 3.63) is 65.9 Å². The maximum absolute atomic E-state index is 12.7. The van der Waals surface area contributed by atoms with E-state index in [0.717, 1.165) is 29.1 Å². The number of anilines is 1. The zero-order valence-electron chi connectivity index (χ0n) is 15.2. The van der Waals surface area contributed by atoms with E-state index in [2.05, 4.69) is 29.4 Å². The van der Waals surface area contributed by atoms with E-state index in [0.29, 0.717) is 17.2 Å². The van der Waals surface area contributed by atoms with Gasteiger partial charge in [-0.2, -0.15) is 5.10 Å². The highest BCUT2D eigenvalue weighted by atomic mass is 16.5. The third-order valence-corrected chi connectivity index (χ3v) is 4.07. The highest BCUT2D eigenvalue weighted by Crippen LogP contribution is 2.32. The van der Waals surface area contributed by atoms with E-state index in [4.69, 9.17) is 4.74 Å². The first-order valence-corrected chi connectivity index (χ1v) is 8.66. The van der Waals surface area contributed by atoms with Crippen LogP contribution < -0.4 is 10.1 Å². The average molecular weight is 349 g/mol. The summed E-state index contributed by atoms with van der Waals surface area (Å²) in [6, 6.07) is 16.8. The molecule has 0 fully saturated rings. The highest BCUT2D eigenvalue weighted by Gasteiger charge is 2.19. The first kappa shape index (κ1) is 17.7. The van der Waals surface area contributed by atoms with E-state index in [1.807, 2.05) is 42.5 Å². The second kappa shape index (κ2) is 7.87. The Morgan fingerprint density at radius 3 is 2.62 bits per heavy atom. The summed E-state index contributed by atoms with van der Waals surface area (Å²) in [5, 5.41) is 10.6. The molecule has 0 aliphatic rings. The van der Waals surface area contributed by atoms with E-state index in [9.17, 15) is 4.79 Å². The van der Waals surface area contributed by atoms with Crippen LogP contribution in [0.25, 0.3) is 11.3 Å². The summed E-state index contributed by atoms with van der Waals surface area (Å²) in [7, 11) is 1.63. The van der Waals surface area contributed by atoms with Gasteiger partial charge in [0.25, 0.3) is 5.91 Å². The lowest BCUT2D eigenvalue weighted by atomic mass is 10.0. The molecule has 0 radical (unpaired) electrons. The average Bonchev–Trinajstić information content (AvgIpc) is 3.04. The Morgan fingerprint density at radius 2 is 1.92 bits per heavy atom. The zero-order chi connectivity index (χ0) is 18.5. The number of rotatable bonds is 6. The summed E-state index contributed by atoms with van der Waals surface area (Å²) in [5.41, 5.74) is 3.85. The Morgan fingerprint density at radius 1 is 1.15 bits per heavy atom. The van der Waals surface area contributed by atoms with Crippen LogP contribution in [0.4, 0.5) is 5.69 Å². The largest absolute Gasteiger partial charge is 0.497 e. The maximum atomic E-state index is 12.7. The van der Waals surface area contributed by atoms with Crippen molar-refractivity contribution < 1.29 is 9.53 Å². The van der Waals surface area contributed by atoms with Gasteiger partial charge in [0.05, 0.1) is 18.5 Å². The van der Waals surface area contributed by atoms with Gasteiger partial charge in [0.15, 0.2) is 0 Å². The number of ether oxygens (including phenoxy) is 1. The first-order chi connectivity index (χ1) is 12.6. The smallest absolute Gasteiger partial charge is 0.255 e. The van der Waals surface area contributed by atoms with Crippen LogP contribution in [-0.4, -0.2) is 23.2 Å². The molecule has 2 aromatic carbocycles. The molecule has 0 saturated heterocycles. The number of hydrogen-bond acceptors (Lipinski definition) is 3. The molecule has 3 aromatic rings. The number of carbonyl (C=O) groups excluding carboxylic acids is 1. The number of methoxy groups -OCH3 is 1. The third-order valence-electron chi connectivity index (χ3n) is 4.07. The second-order valence-electron chi connectivity index (χ2n) is 6.58. The van der Waals surface area contributed by atoms with Gasteiger partial charge in [0.2, 0.25) is 0 Å². The SMILES string of the molecule is COc1cccc(-c2n[nH]c(CC(C)C)c2NC(=O)c2ccccc2)c1. The van der Waals surface area contributed by atoms with Crippen LogP contribution in [0, 0.1) is 5.92 Å². The molecular formula is C21H23N3O2. The fourth-order valence-corrected chi connectivity index (χ4v) is 2.82. The molecule has 134 valence electrons. The van der Waals surface area contributed by atoms with Gasteiger partial charge in [-0.1, -0.05) is 44.2 Å². The van der Waals surface area contributed by atoms with Gasteiger partial charge in [-0.25, -0.2) is 0 Å². The van der Waals surface area contributed by atoms with Crippen molar-refractivity contribution in [2.75, 3.05) is 12.4 Å². The normalized spacial score (nSPS) is 10.8. The molecule has 0 atom stereocenters. The molecular weight excluding hydrogens is 326 g/mol. The number of hydrogen-bond donors (Lipinski definition) is 2. The molecule has 1 aromatic heterocycles. The monoisotopic (exact) mass is 349 g/mol. The van der Waals surface area contributed by atoms with Gasteiger partial charge < -0.3 is 10.1 Å². The van der Waals surface area contributed by atoms with Crippen LogP contribution in [0.1, 0.15) is 29.9 Å². The van der Waals surface area contributed by atoms with Crippen LogP contribution in [0.5, 0.6) is 5.75 Å². The number of aromatic nitrogens is 2. The third kappa shape index (κ3) is 3.94. The van der Waals surface area contributed by atoms with Crippen LogP contribution in [-0.2, 0) is 6.42 Å². The van der Waals surface area contributed by atoms with Gasteiger partial charge in [-0.3, -0.25) is 9.89 Å². The fourth-order valence-electron chi connectivity index (χ4n) is 2.82. The summed E-state index contributed by atoms with van der Waals surface area (Å²) in [5.74, 6) is 1.03. The molecule has 0 bridgehead atoms. The lowest BCUT2D eigenvalue weighted by molar-refractivity contribution is 0.102. The van der Waals surface area contributed by atoms with E-state index < -0.39 is 0 Å². The molecule has 1 amide bonds. The van der Waals surface area contributed by atoms with Crippen LogP contribution in [0.15, 0.2) is 54.6 Å². The number of H-pyrrole nitrogens is 1. The van der Waals surface area contributed by atoms with Crippen LogP contribution in [0.2, 0.25) is 0 Å². The molecule has 0 aliphatic heterocycles. The molecule has 0 spiro atoms. The summed E-state index contributed by atoms with van der Waals surface area (Å²) < 4.78 is 5.31. The van der Waals surface area contributed by atoms with Gasteiger partial charge in [0.1, 0.15) is 11.4 Å². The van der Waals surface area contributed by atoms with Crippen LogP contribution in [0.3, 0.4) is 0 Å². The minimum Gasteiger partial charge on any atom is -0.497 e. The summed E-state index contributed by atoms with van der Waals surface area (Å²) in [6.07, 6.45) is 0.793. The van der Waals surface area contributed by atoms with Gasteiger partial charge in [-0.05, 0) is 36.6 Å².